The molecule has 1 aromatic heterocycles. The lowest BCUT2D eigenvalue weighted by Crippen LogP contribution is -2.31. The lowest BCUT2D eigenvalue weighted by atomic mass is 9.90. The molecule has 0 saturated carbocycles. The number of fused-ring (bicyclic) bond motifs is 1. The maximum atomic E-state index is 12.1. The average Bonchev–Trinajstić information content (AvgIpc) is 3.15. The quantitative estimate of drug-likeness (QED) is 0.609. The molecule has 3 aromatic rings. The highest BCUT2D eigenvalue weighted by Crippen LogP contribution is 2.22. The Morgan fingerprint density at radius 1 is 1.07 bits per heavy atom. The molecule has 3 rings (SSSR count). The maximum Gasteiger partial charge on any atom is 0.309 e. The highest BCUT2D eigenvalue weighted by Gasteiger charge is 2.26. The van der Waals surface area contributed by atoms with Crippen LogP contribution in [0.25, 0.3) is 10.8 Å². The van der Waals surface area contributed by atoms with Crippen LogP contribution in [0.1, 0.15) is 36.6 Å². The van der Waals surface area contributed by atoms with Gasteiger partial charge >= 0.3 is 5.97 Å². The van der Waals surface area contributed by atoms with Crippen molar-refractivity contribution in [2.24, 2.45) is 5.41 Å². The molecule has 0 saturated heterocycles. The number of benzene rings is 2. The predicted molar refractivity (Wildman–Crippen MR) is 105 cm³/mol. The Labute approximate surface area is 163 Å². The zero-order valence-corrected chi connectivity index (χ0v) is 15.9. The standard InChI is InChI=1S/C22H23NO5/c1-22(2,21(25)26)11-12-23-20(24)19-10-9-18(28-19)14-27-17-8-7-15-5-3-4-6-16(15)13-17/h3-10,13H,11-12,14H2,1-2H3,(H,23,24)(H,25,26). The monoisotopic (exact) mass is 381 g/mol. The van der Waals surface area contributed by atoms with E-state index in [-0.39, 0.29) is 24.8 Å². The summed E-state index contributed by atoms with van der Waals surface area (Å²) in [5.74, 6) is 0.150. The Balaban J connectivity index is 1.53. The molecule has 1 amide bonds. The molecule has 0 aliphatic carbocycles. The average molecular weight is 381 g/mol. The van der Waals surface area contributed by atoms with Gasteiger partial charge in [-0.05, 0) is 55.3 Å². The van der Waals surface area contributed by atoms with Crippen LogP contribution in [0.2, 0.25) is 0 Å². The van der Waals surface area contributed by atoms with Crippen LogP contribution < -0.4 is 10.1 Å². The van der Waals surface area contributed by atoms with Crippen LogP contribution in [0.15, 0.2) is 59.0 Å². The number of nitrogens with one attached hydrogen (secondary N) is 1. The number of carboxylic acid groups (broad SMARTS) is 1. The molecule has 1 heterocycles. The summed E-state index contributed by atoms with van der Waals surface area (Å²) in [6.45, 7) is 3.70. The molecule has 0 fully saturated rings. The summed E-state index contributed by atoms with van der Waals surface area (Å²) in [6, 6.07) is 17.1. The van der Waals surface area contributed by atoms with E-state index in [2.05, 4.69) is 5.32 Å². The van der Waals surface area contributed by atoms with E-state index in [4.69, 9.17) is 14.3 Å². The molecule has 0 spiro atoms. The van der Waals surface area contributed by atoms with Gasteiger partial charge in [0.1, 0.15) is 18.1 Å². The number of hydrogen-bond donors (Lipinski definition) is 2. The van der Waals surface area contributed by atoms with Gasteiger partial charge in [0, 0.05) is 6.54 Å². The van der Waals surface area contributed by atoms with Crippen molar-refractivity contribution in [1.82, 2.24) is 5.32 Å². The van der Waals surface area contributed by atoms with Crippen molar-refractivity contribution in [1.29, 1.82) is 0 Å². The van der Waals surface area contributed by atoms with Crippen LogP contribution in [-0.2, 0) is 11.4 Å². The smallest absolute Gasteiger partial charge is 0.309 e. The van der Waals surface area contributed by atoms with Gasteiger partial charge in [0.05, 0.1) is 5.41 Å². The van der Waals surface area contributed by atoms with Crippen molar-refractivity contribution >= 4 is 22.6 Å². The van der Waals surface area contributed by atoms with Crippen LogP contribution in [0, 0.1) is 5.41 Å². The van der Waals surface area contributed by atoms with Crippen LogP contribution in [-0.4, -0.2) is 23.5 Å². The molecule has 0 aliphatic heterocycles. The Morgan fingerprint density at radius 3 is 2.57 bits per heavy atom. The van der Waals surface area contributed by atoms with Gasteiger partial charge in [0.15, 0.2) is 5.76 Å². The largest absolute Gasteiger partial charge is 0.486 e. The van der Waals surface area contributed by atoms with Crippen molar-refractivity contribution in [2.75, 3.05) is 6.54 Å². The van der Waals surface area contributed by atoms with E-state index in [1.54, 1.807) is 26.0 Å². The number of amides is 1. The molecule has 146 valence electrons. The van der Waals surface area contributed by atoms with Gasteiger partial charge in [0.2, 0.25) is 0 Å². The zero-order chi connectivity index (χ0) is 20.1. The fourth-order valence-corrected chi connectivity index (χ4v) is 2.67. The second-order valence-corrected chi connectivity index (χ2v) is 7.26. The molecule has 6 heteroatoms. The predicted octanol–water partition coefficient (Wildman–Crippen LogP) is 4.24. The normalized spacial score (nSPS) is 11.4. The zero-order valence-electron chi connectivity index (χ0n) is 15.9. The number of ether oxygens (including phenoxy) is 1. The number of carbonyl (C=O) groups excluding carboxylic acids is 1. The first-order valence-electron chi connectivity index (χ1n) is 9.07. The summed E-state index contributed by atoms with van der Waals surface area (Å²) in [6.07, 6.45) is 0.326. The first-order valence-corrected chi connectivity index (χ1v) is 9.07. The van der Waals surface area contributed by atoms with Crippen LogP contribution in [0.5, 0.6) is 5.75 Å². The molecule has 0 bridgehead atoms. The van der Waals surface area contributed by atoms with E-state index in [9.17, 15) is 9.59 Å². The third kappa shape index (κ3) is 4.71. The van der Waals surface area contributed by atoms with Crippen molar-refractivity contribution in [3.8, 4) is 5.75 Å². The Bertz CT molecular complexity index is 989. The van der Waals surface area contributed by atoms with Gasteiger partial charge in [-0.2, -0.15) is 0 Å². The van der Waals surface area contributed by atoms with Crippen molar-refractivity contribution < 1.29 is 23.8 Å². The van der Waals surface area contributed by atoms with Crippen molar-refractivity contribution in [2.45, 2.75) is 26.9 Å². The first-order chi connectivity index (χ1) is 13.3. The number of carbonyl (C=O) groups is 2. The minimum Gasteiger partial charge on any atom is -0.486 e. The molecular weight excluding hydrogens is 358 g/mol. The molecule has 0 aliphatic rings. The Hall–Kier alpha value is -3.28. The lowest BCUT2D eigenvalue weighted by Gasteiger charge is -2.18. The number of carboxylic acids is 1. The summed E-state index contributed by atoms with van der Waals surface area (Å²) in [5.41, 5.74) is -0.894. The second kappa shape index (κ2) is 8.17. The fourth-order valence-electron chi connectivity index (χ4n) is 2.67. The molecule has 0 unspecified atom stereocenters. The van der Waals surface area contributed by atoms with Gasteiger partial charge < -0.3 is 19.6 Å². The van der Waals surface area contributed by atoms with Crippen LogP contribution >= 0.6 is 0 Å². The number of aliphatic carboxylic acids is 1. The minimum absolute atomic E-state index is 0.172. The number of rotatable bonds is 8. The minimum atomic E-state index is -0.895. The van der Waals surface area contributed by atoms with Crippen LogP contribution in [0.3, 0.4) is 0 Å². The van der Waals surface area contributed by atoms with Gasteiger partial charge in [-0.1, -0.05) is 30.3 Å². The molecular formula is C22H23NO5. The number of hydrogen-bond acceptors (Lipinski definition) is 4. The summed E-state index contributed by atoms with van der Waals surface area (Å²) < 4.78 is 11.3. The third-order valence-electron chi connectivity index (χ3n) is 4.60. The Morgan fingerprint density at radius 2 is 1.82 bits per heavy atom. The van der Waals surface area contributed by atoms with Crippen molar-refractivity contribution in [3.05, 3.63) is 66.1 Å². The van der Waals surface area contributed by atoms with Gasteiger partial charge in [-0.15, -0.1) is 0 Å². The maximum absolute atomic E-state index is 12.1. The van der Waals surface area contributed by atoms with Gasteiger partial charge in [-0.25, -0.2) is 0 Å². The molecule has 0 radical (unpaired) electrons. The fraction of sp³-hybridized carbons (Fsp3) is 0.273. The summed E-state index contributed by atoms with van der Waals surface area (Å²) >= 11 is 0. The van der Waals surface area contributed by atoms with E-state index in [0.29, 0.717) is 12.2 Å². The van der Waals surface area contributed by atoms with E-state index < -0.39 is 11.4 Å². The van der Waals surface area contributed by atoms with Crippen molar-refractivity contribution in [3.63, 3.8) is 0 Å². The Kier molecular flexibility index (Phi) is 5.68. The van der Waals surface area contributed by atoms with E-state index in [0.717, 1.165) is 16.5 Å². The second-order valence-electron chi connectivity index (χ2n) is 7.26. The third-order valence-corrected chi connectivity index (χ3v) is 4.60. The molecule has 0 atom stereocenters. The topological polar surface area (TPSA) is 88.8 Å². The summed E-state index contributed by atoms with van der Waals surface area (Å²) in [4.78, 5) is 23.2. The van der Waals surface area contributed by atoms with E-state index in [1.165, 1.54) is 0 Å². The lowest BCUT2D eigenvalue weighted by molar-refractivity contribution is -0.147. The first kappa shape index (κ1) is 19.5. The SMILES string of the molecule is CC(C)(CCNC(=O)c1ccc(COc2ccc3ccccc3c2)o1)C(=O)O. The molecule has 6 nitrogen and oxygen atoms in total. The molecule has 2 N–H and O–H groups in total. The van der Waals surface area contributed by atoms with Gasteiger partial charge in [-0.3, -0.25) is 9.59 Å². The molecule has 28 heavy (non-hydrogen) atoms. The highest BCUT2D eigenvalue weighted by molar-refractivity contribution is 5.91. The van der Waals surface area contributed by atoms with Gasteiger partial charge in [0.25, 0.3) is 5.91 Å². The van der Waals surface area contributed by atoms with Crippen LogP contribution in [0.4, 0.5) is 0 Å². The van der Waals surface area contributed by atoms with E-state index in [1.807, 2.05) is 42.5 Å². The number of furan rings is 1. The highest BCUT2D eigenvalue weighted by atomic mass is 16.5. The summed E-state index contributed by atoms with van der Waals surface area (Å²) in [5, 5.41) is 14.0. The molecule has 2 aromatic carbocycles. The van der Waals surface area contributed by atoms with E-state index >= 15 is 0 Å². The summed E-state index contributed by atoms with van der Waals surface area (Å²) in [7, 11) is 0.